The molecule has 0 aliphatic carbocycles. The molecule has 0 radical (unpaired) electrons. The van der Waals surface area contributed by atoms with Crippen molar-refractivity contribution in [3.63, 3.8) is 0 Å². The van der Waals surface area contributed by atoms with Crippen molar-refractivity contribution in [1.82, 2.24) is 0 Å². The van der Waals surface area contributed by atoms with Gasteiger partial charge in [-0.1, -0.05) is 18.2 Å². The number of aliphatic hydroxyl groups excluding tert-OH is 1. The minimum absolute atomic E-state index is 0.334. The minimum atomic E-state index is -0.836. The maximum Gasteiger partial charge on any atom is 0.131 e. The van der Waals surface area contributed by atoms with Gasteiger partial charge in [0.05, 0.1) is 18.6 Å². The van der Waals surface area contributed by atoms with Crippen molar-refractivity contribution >= 4 is 0 Å². The van der Waals surface area contributed by atoms with Crippen molar-refractivity contribution in [2.45, 2.75) is 19.4 Å². The standard InChI is InChI=1S/C13H13FO2/c1-9-3-2-4-11(13(9)14)12(15)7-10-5-6-16-8-10/h2-6,8,12,15H,7H2,1H3. The van der Waals surface area contributed by atoms with E-state index in [-0.39, 0.29) is 5.82 Å². The molecule has 1 unspecified atom stereocenters. The quantitative estimate of drug-likeness (QED) is 0.862. The van der Waals surface area contributed by atoms with Crippen LogP contribution in [-0.2, 0) is 6.42 Å². The van der Waals surface area contributed by atoms with Crippen molar-refractivity contribution < 1.29 is 13.9 Å². The first-order valence-corrected chi connectivity index (χ1v) is 5.12. The number of halogens is 1. The summed E-state index contributed by atoms with van der Waals surface area (Å²) in [5, 5.41) is 9.92. The maximum atomic E-state index is 13.7. The summed E-state index contributed by atoms with van der Waals surface area (Å²) in [5.41, 5.74) is 1.73. The van der Waals surface area contributed by atoms with Crippen molar-refractivity contribution in [2.24, 2.45) is 0 Å². The lowest BCUT2D eigenvalue weighted by Gasteiger charge is -2.11. The number of rotatable bonds is 3. The van der Waals surface area contributed by atoms with Crippen molar-refractivity contribution in [2.75, 3.05) is 0 Å². The first-order valence-electron chi connectivity index (χ1n) is 5.12. The topological polar surface area (TPSA) is 33.4 Å². The van der Waals surface area contributed by atoms with Crippen LogP contribution in [0, 0.1) is 12.7 Å². The molecule has 3 heteroatoms. The summed E-state index contributed by atoms with van der Waals surface area (Å²) in [6.45, 7) is 1.68. The summed E-state index contributed by atoms with van der Waals surface area (Å²) in [7, 11) is 0. The van der Waals surface area contributed by atoms with E-state index in [4.69, 9.17) is 4.42 Å². The monoisotopic (exact) mass is 220 g/mol. The Balaban J connectivity index is 2.21. The largest absolute Gasteiger partial charge is 0.472 e. The van der Waals surface area contributed by atoms with Crippen LogP contribution >= 0.6 is 0 Å². The number of aryl methyl sites for hydroxylation is 1. The van der Waals surface area contributed by atoms with E-state index in [2.05, 4.69) is 0 Å². The molecule has 0 saturated carbocycles. The molecule has 0 aliphatic rings. The molecule has 84 valence electrons. The van der Waals surface area contributed by atoms with E-state index in [1.807, 2.05) is 0 Å². The second-order valence-corrected chi connectivity index (χ2v) is 3.83. The van der Waals surface area contributed by atoms with Crippen LogP contribution in [0.3, 0.4) is 0 Å². The summed E-state index contributed by atoms with van der Waals surface area (Å²) in [6.07, 6.45) is 2.61. The van der Waals surface area contributed by atoms with E-state index in [0.717, 1.165) is 5.56 Å². The van der Waals surface area contributed by atoms with Gasteiger partial charge in [-0.2, -0.15) is 0 Å². The summed E-state index contributed by atoms with van der Waals surface area (Å²) in [6, 6.07) is 6.79. The summed E-state index contributed by atoms with van der Waals surface area (Å²) >= 11 is 0. The second kappa shape index (κ2) is 4.49. The van der Waals surface area contributed by atoms with Gasteiger partial charge in [0.25, 0.3) is 0 Å². The molecule has 1 aromatic heterocycles. The Morgan fingerprint density at radius 1 is 1.38 bits per heavy atom. The van der Waals surface area contributed by atoms with E-state index in [9.17, 15) is 9.50 Å². The highest BCUT2D eigenvalue weighted by atomic mass is 19.1. The third-order valence-electron chi connectivity index (χ3n) is 2.59. The van der Waals surface area contributed by atoms with E-state index in [0.29, 0.717) is 17.5 Å². The number of benzene rings is 1. The molecule has 1 heterocycles. The molecule has 2 rings (SSSR count). The Morgan fingerprint density at radius 2 is 2.19 bits per heavy atom. The Morgan fingerprint density at radius 3 is 2.88 bits per heavy atom. The highest BCUT2D eigenvalue weighted by Crippen LogP contribution is 2.23. The van der Waals surface area contributed by atoms with Gasteiger partial charge in [-0.05, 0) is 24.1 Å². The van der Waals surface area contributed by atoms with Crippen molar-refractivity contribution in [3.8, 4) is 0 Å². The molecule has 0 bridgehead atoms. The molecule has 0 amide bonds. The fraction of sp³-hybridized carbons (Fsp3) is 0.231. The number of hydrogen-bond acceptors (Lipinski definition) is 2. The highest BCUT2D eigenvalue weighted by molar-refractivity contribution is 5.27. The zero-order valence-corrected chi connectivity index (χ0v) is 8.98. The zero-order chi connectivity index (χ0) is 11.5. The molecule has 0 fully saturated rings. The summed E-state index contributed by atoms with van der Waals surface area (Å²) in [4.78, 5) is 0. The van der Waals surface area contributed by atoms with Crippen LogP contribution in [0.2, 0.25) is 0 Å². The van der Waals surface area contributed by atoms with Crippen LogP contribution in [0.25, 0.3) is 0 Å². The third kappa shape index (κ3) is 2.14. The maximum absolute atomic E-state index is 13.7. The lowest BCUT2D eigenvalue weighted by molar-refractivity contribution is 0.173. The normalized spacial score (nSPS) is 12.7. The molecule has 2 nitrogen and oxygen atoms in total. The van der Waals surface area contributed by atoms with Gasteiger partial charge in [0, 0.05) is 12.0 Å². The van der Waals surface area contributed by atoms with Crippen LogP contribution in [0.4, 0.5) is 4.39 Å². The Bertz CT molecular complexity index is 463. The molecular formula is C13H13FO2. The number of aliphatic hydroxyl groups is 1. The zero-order valence-electron chi connectivity index (χ0n) is 8.98. The molecule has 0 saturated heterocycles. The van der Waals surface area contributed by atoms with Gasteiger partial charge < -0.3 is 9.52 Å². The third-order valence-corrected chi connectivity index (χ3v) is 2.59. The van der Waals surface area contributed by atoms with Crippen LogP contribution in [-0.4, -0.2) is 5.11 Å². The summed E-state index contributed by atoms with van der Waals surface area (Å²) in [5.74, 6) is -0.335. The van der Waals surface area contributed by atoms with Crippen LogP contribution in [0.15, 0.2) is 41.2 Å². The van der Waals surface area contributed by atoms with E-state index < -0.39 is 6.10 Å². The van der Waals surface area contributed by atoms with E-state index in [1.54, 1.807) is 37.5 Å². The number of furan rings is 1. The average molecular weight is 220 g/mol. The molecule has 16 heavy (non-hydrogen) atoms. The first kappa shape index (κ1) is 10.9. The lowest BCUT2D eigenvalue weighted by Crippen LogP contribution is -2.04. The van der Waals surface area contributed by atoms with Gasteiger partial charge in [-0.3, -0.25) is 0 Å². The summed E-state index contributed by atoms with van der Waals surface area (Å²) < 4.78 is 18.6. The fourth-order valence-corrected chi connectivity index (χ4v) is 1.67. The van der Waals surface area contributed by atoms with Gasteiger partial charge in [0.15, 0.2) is 0 Å². The van der Waals surface area contributed by atoms with Crippen molar-refractivity contribution in [3.05, 3.63) is 59.3 Å². The smallest absolute Gasteiger partial charge is 0.131 e. The van der Waals surface area contributed by atoms with Gasteiger partial charge in [0.1, 0.15) is 5.82 Å². The second-order valence-electron chi connectivity index (χ2n) is 3.83. The molecule has 1 N–H and O–H groups in total. The first-order chi connectivity index (χ1) is 7.68. The van der Waals surface area contributed by atoms with Crippen LogP contribution < -0.4 is 0 Å². The van der Waals surface area contributed by atoms with Gasteiger partial charge in [-0.15, -0.1) is 0 Å². The van der Waals surface area contributed by atoms with Crippen molar-refractivity contribution in [1.29, 1.82) is 0 Å². The molecule has 0 aliphatic heterocycles. The van der Waals surface area contributed by atoms with E-state index >= 15 is 0 Å². The SMILES string of the molecule is Cc1cccc(C(O)Cc2ccoc2)c1F. The lowest BCUT2D eigenvalue weighted by atomic mass is 10.0. The van der Waals surface area contributed by atoms with Gasteiger partial charge in [-0.25, -0.2) is 4.39 Å². The van der Waals surface area contributed by atoms with Gasteiger partial charge in [0.2, 0.25) is 0 Å². The van der Waals surface area contributed by atoms with Crippen LogP contribution in [0.1, 0.15) is 22.8 Å². The Kier molecular flexibility index (Phi) is 3.06. The fourth-order valence-electron chi connectivity index (χ4n) is 1.67. The molecular weight excluding hydrogens is 207 g/mol. The molecule has 1 aromatic carbocycles. The predicted molar refractivity (Wildman–Crippen MR) is 58.5 cm³/mol. The van der Waals surface area contributed by atoms with Gasteiger partial charge >= 0.3 is 0 Å². The van der Waals surface area contributed by atoms with Crippen LogP contribution in [0.5, 0.6) is 0 Å². The highest BCUT2D eigenvalue weighted by Gasteiger charge is 2.14. The average Bonchev–Trinajstić information content (AvgIpc) is 2.74. The number of hydrogen-bond donors (Lipinski definition) is 1. The molecule has 1 atom stereocenters. The minimum Gasteiger partial charge on any atom is -0.472 e. The van der Waals surface area contributed by atoms with E-state index in [1.165, 1.54) is 6.26 Å². The predicted octanol–water partition coefficient (Wildman–Crippen LogP) is 3.00. The molecule has 0 spiro atoms. The Labute approximate surface area is 93.3 Å². The Hall–Kier alpha value is -1.61. The molecule has 2 aromatic rings.